The van der Waals surface area contributed by atoms with E-state index >= 15 is 0 Å². The van der Waals surface area contributed by atoms with Gasteiger partial charge in [-0.1, -0.05) is 5.92 Å². The van der Waals surface area contributed by atoms with Gasteiger partial charge in [-0.05, 0) is 20.3 Å². The van der Waals surface area contributed by atoms with Crippen molar-refractivity contribution in [2.45, 2.75) is 13.0 Å². The van der Waals surface area contributed by atoms with Gasteiger partial charge in [0.05, 0.1) is 13.3 Å². The van der Waals surface area contributed by atoms with Crippen molar-refractivity contribution in [3.63, 3.8) is 0 Å². The molecule has 1 unspecified atom stereocenters. The number of terminal acetylenes is 1. The normalized spacial score (nSPS) is 13.2. The summed E-state index contributed by atoms with van der Waals surface area (Å²) in [7, 11) is -2.33. The highest BCUT2D eigenvalue weighted by molar-refractivity contribution is 7.63. The third-order valence-electron chi connectivity index (χ3n) is 1.05. The minimum absolute atomic E-state index is 0.0426. The molecule has 0 amide bonds. The van der Waals surface area contributed by atoms with Crippen molar-refractivity contribution >= 4 is 13.1 Å². The number of hydrogen-bond acceptors (Lipinski definition) is 3. The Kier molecular flexibility index (Phi) is 4.06. The van der Waals surface area contributed by atoms with Gasteiger partial charge in [-0.25, -0.2) is 0 Å². The van der Waals surface area contributed by atoms with Crippen LogP contribution in [0.5, 0.6) is 0 Å². The molecule has 0 saturated heterocycles. The van der Waals surface area contributed by atoms with Gasteiger partial charge in [-0.15, -0.1) is 6.42 Å². The standard InChI is InChI=1S/C8H13O3P/c1-5-7(2)11-8(9)6-12(3,4)10/h1,7H,6H2,2-4H3. The fourth-order valence-electron chi connectivity index (χ4n) is 0.579. The van der Waals surface area contributed by atoms with Gasteiger partial charge in [-0.3, -0.25) is 4.79 Å². The third-order valence-corrected chi connectivity index (χ3v) is 2.07. The topological polar surface area (TPSA) is 43.4 Å². The van der Waals surface area contributed by atoms with Crippen molar-refractivity contribution in [1.82, 2.24) is 0 Å². The highest BCUT2D eigenvalue weighted by Gasteiger charge is 2.16. The first kappa shape index (κ1) is 11.3. The SMILES string of the molecule is C#CC(C)OC(=O)CP(C)(C)=O. The van der Waals surface area contributed by atoms with Crippen LogP contribution in [0.25, 0.3) is 0 Å². The molecule has 0 aliphatic carbocycles. The molecule has 0 spiro atoms. The highest BCUT2D eigenvalue weighted by Crippen LogP contribution is 2.35. The van der Waals surface area contributed by atoms with Gasteiger partial charge < -0.3 is 9.30 Å². The smallest absolute Gasteiger partial charge is 0.314 e. The van der Waals surface area contributed by atoms with Crippen LogP contribution in [0.4, 0.5) is 0 Å². The second kappa shape index (κ2) is 4.33. The summed E-state index contributed by atoms with van der Waals surface area (Å²) in [5.41, 5.74) is 0. The number of esters is 1. The van der Waals surface area contributed by atoms with Gasteiger partial charge in [0, 0.05) is 0 Å². The summed E-state index contributed by atoms with van der Waals surface area (Å²) < 4.78 is 15.9. The van der Waals surface area contributed by atoms with E-state index in [2.05, 4.69) is 5.92 Å². The van der Waals surface area contributed by atoms with Crippen molar-refractivity contribution in [1.29, 1.82) is 0 Å². The number of ether oxygens (including phenoxy) is 1. The fraction of sp³-hybridized carbons (Fsp3) is 0.625. The van der Waals surface area contributed by atoms with Gasteiger partial charge in [0.15, 0.2) is 6.10 Å². The second-order valence-electron chi connectivity index (χ2n) is 3.03. The summed E-state index contributed by atoms with van der Waals surface area (Å²) in [6, 6.07) is 0. The van der Waals surface area contributed by atoms with Crippen LogP contribution >= 0.6 is 7.14 Å². The molecule has 68 valence electrons. The maximum absolute atomic E-state index is 11.1. The van der Waals surface area contributed by atoms with Crippen LogP contribution in [0.3, 0.4) is 0 Å². The van der Waals surface area contributed by atoms with Crippen LogP contribution in [0.2, 0.25) is 0 Å². The second-order valence-corrected chi connectivity index (χ2v) is 6.49. The zero-order chi connectivity index (χ0) is 9.78. The molecule has 0 aromatic rings. The van der Waals surface area contributed by atoms with Crippen molar-refractivity contribution in [2.24, 2.45) is 0 Å². The Morgan fingerprint density at radius 1 is 1.67 bits per heavy atom. The Labute approximate surface area is 72.9 Å². The Morgan fingerprint density at radius 2 is 2.17 bits per heavy atom. The first-order valence-corrected chi connectivity index (χ1v) is 6.33. The maximum Gasteiger partial charge on any atom is 0.314 e. The molecule has 0 aliphatic rings. The number of rotatable bonds is 3. The average Bonchev–Trinajstić information content (AvgIpc) is 1.82. The molecule has 4 heteroatoms. The minimum atomic E-state index is -2.33. The molecule has 0 bridgehead atoms. The lowest BCUT2D eigenvalue weighted by atomic mass is 10.4. The van der Waals surface area contributed by atoms with E-state index in [0.717, 1.165) is 0 Å². The van der Waals surface area contributed by atoms with E-state index < -0.39 is 19.2 Å². The predicted molar refractivity (Wildman–Crippen MR) is 48.7 cm³/mol. The summed E-state index contributed by atoms with van der Waals surface area (Å²) in [4.78, 5) is 10.9. The van der Waals surface area contributed by atoms with Crippen LogP contribution in [-0.4, -0.2) is 31.6 Å². The molecule has 0 saturated carbocycles. The highest BCUT2D eigenvalue weighted by atomic mass is 31.2. The van der Waals surface area contributed by atoms with Crippen LogP contribution < -0.4 is 0 Å². The van der Waals surface area contributed by atoms with Crippen LogP contribution in [0, 0.1) is 12.3 Å². The Morgan fingerprint density at radius 3 is 2.50 bits per heavy atom. The first-order valence-electron chi connectivity index (χ1n) is 3.55. The third kappa shape index (κ3) is 6.00. The molecule has 12 heavy (non-hydrogen) atoms. The Bertz CT molecular complexity index is 246. The number of carbonyl (C=O) groups is 1. The lowest BCUT2D eigenvalue weighted by Crippen LogP contribution is -2.16. The molecule has 1 atom stereocenters. The fourth-order valence-corrected chi connectivity index (χ4v) is 1.28. The average molecular weight is 188 g/mol. The van der Waals surface area contributed by atoms with E-state index in [4.69, 9.17) is 11.2 Å². The van der Waals surface area contributed by atoms with Gasteiger partial charge in [0.1, 0.15) is 0 Å². The van der Waals surface area contributed by atoms with E-state index in [0.29, 0.717) is 0 Å². The monoisotopic (exact) mass is 188 g/mol. The number of carbonyl (C=O) groups excluding carboxylic acids is 1. The van der Waals surface area contributed by atoms with Crippen molar-refractivity contribution in [3.05, 3.63) is 0 Å². The zero-order valence-electron chi connectivity index (χ0n) is 7.53. The summed E-state index contributed by atoms with van der Waals surface area (Å²) in [6.45, 7) is 4.66. The molecule has 0 aliphatic heterocycles. The van der Waals surface area contributed by atoms with Gasteiger partial charge in [0.25, 0.3) is 0 Å². The van der Waals surface area contributed by atoms with Gasteiger partial charge in [-0.2, -0.15) is 0 Å². The maximum atomic E-state index is 11.1. The van der Waals surface area contributed by atoms with Gasteiger partial charge >= 0.3 is 5.97 Å². The van der Waals surface area contributed by atoms with Crippen LogP contribution in [-0.2, 0) is 14.1 Å². The first-order chi connectivity index (χ1) is 5.35. The molecule has 0 aromatic carbocycles. The largest absolute Gasteiger partial charge is 0.449 e. The zero-order valence-corrected chi connectivity index (χ0v) is 8.43. The summed E-state index contributed by atoms with van der Waals surface area (Å²) in [5.74, 6) is 1.76. The molecule has 3 nitrogen and oxygen atoms in total. The molecule has 0 aromatic heterocycles. The van der Waals surface area contributed by atoms with Crippen LogP contribution in [0.1, 0.15) is 6.92 Å². The Hall–Kier alpha value is -0.740. The number of hydrogen-bond donors (Lipinski definition) is 0. The summed E-state index contributed by atoms with van der Waals surface area (Å²) >= 11 is 0. The molecular weight excluding hydrogens is 175 g/mol. The van der Waals surface area contributed by atoms with Gasteiger partial charge in [0.2, 0.25) is 0 Å². The minimum Gasteiger partial charge on any atom is -0.449 e. The van der Waals surface area contributed by atoms with Crippen molar-refractivity contribution in [3.8, 4) is 12.3 Å². The molecule has 0 heterocycles. The van der Waals surface area contributed by atoms with E-state index in [1.165, 1.54) is 13.3 Å². The van der Waals surface area contributed by atoms with E-state index in [1.807, 2.05) is 0 Å². The lowest BCUT2D eigenvalue weighted by Gasteiger charge is -2.08. The summed E-state index contributed by atoms with van der Waals surface area (Å²) in [6.07, 6.45) is 4.41. The Balaban J connectivity index is 3.94. The lowest BCUT2D eigenvalue weighted by molar-refractivity contribution is -0.142. The predicted octanol–water partition coefficient (Wildman–Crippen LogP) is 1.17. The van der Waals surface area contributed by atoms with E-state index in [9.17, 15) is 9.36 Å². The molecular formula is C8H13O3P. The molecule has 0 N–H and O–H groups in total. The quantitative estimate of drug-likeness (QED) is 0.379. The van der Waals surface area contributed by atoms with Crippen molar-refractivity contribution in [2.75, 3.05) is 19.5 Å². The van der Waals surface area contributed by atoms with E-state index in [1.54, 1.807) is 6.92 Å². The molecule has 0 fully saturated rings. The molecule has 0 radical (unpaired) electrons. The molecule has 0 rings (SSSR count). The van der Waals surface area contributed by atoms with E-state index in [-0.39, 0.29) is 6.16 Å². The summed E-state index contributed by atoms with van der Waals surface area (Å²) in [5, 5.41) is 0. The van der Waals surface area contributed by atoms with Crippen molar-refractivity contribution < 1.29 is 14.1 Å². The van der Waals surface area contributed by atoms with Crippen LogP contribution in [0.15, 0.2) is 0 Å².